The highest BCUT2D eigenvalue weighted by Crippen LogP contribution is 2.07. The van der Waals surface area contributed by atoms with Crippen LogP contribution in [0.2, 0.25) is 0 Å². The summed E-state index contributed by atoms with van der Waals surface area (Å²) in [6.07, 6.45) is -0.587. The van der Waals surface area contributed by atoms with Crippen LogP contribution in [0.3, 0.4) is 0 Å². The molecular formula is C16H23NO5. The average molecular weight is 309 g/mol. The van der Waals surface area contributed by atoms with Gasteiger partial charge in [0.05, 0.1) is 19.1 Å². The van der Waals surface area contributed by atoms with Crippen molar-refractivity contribution in [2.24, 2.45) is 0 Å². The maximum absolute atomic E-state index is 11.8. The summed E-state index contributed by atoms with van der Waals surface area (Å²) in [5, 5.41) is 12.7. The lowest BCUT2D eigenvalue weighted by molar-refractivity contribution is -0.139. The molecule has 0 amide bonds. The van der Waals surface area contributed by atoms with E-state index in [0.717, 1.165) is 5.56 Å². The minimum absolute atomic E-state index is 0.0670. The van der Waals surface area contributed by atoms with Crippen LogP contribution < -0.4 is 5.32 Å². The Morgan fingerprint density at radius 2 is 1.86 bits per heavy atom. The van der Waals surface area contributed by atoms with Gasteiger partial charge in [-0.2, -0.15) is 0 Å². The molecule has 0 aliphatic carbocycles. The molecule has 1 unspecified atom stereocenters. The molecule has 2 N–H and O–H groups in total. The fourth-order valence-corrected chi connectivity index (χ4v) is 1.68. The van der Waals surface area contributed by atoms with Crippen molar-refractivity contribution >= 4 is 11.9 Å². The fraction of sp³-hybridized carbons (Fsp3) is 0.500. The van der Waals surface area contributed by atoms with Gasteiger partial charge in [0, 0.05) is 12.6 Å². The molecule has 1 atom stereocenters. The third-order valence-electron chi connectivity index (χ3n) is 2.93. The summed E-state index contributed by atoms with van der Waals surface area (Å²) < 4.78 is 9.62. The maximum Gasteiger partial charge on any atom is 0.338 e. The van der Waals surface area contributed by atoms with Gasteiger partial charge in [0.1, 0.15) is 12.7 Å². The topological polar surface area (TPSA) is 84.9 Å². The minimum atomic E-state index is -0.745. The van der Waals surface area contributed by atoms with E-state index in [-0.39, 0.29) is 25.0 Å². The van der Waals surface area contributed by atoms with Crippen LogP contribution >= 0.6 is 0 Å². The van der Waals surface area contributed by atoms with Gasteiger partial charge in [0.15, 0.2) is 0 Å². The number of carbonyl (C=O) groups excluding carboxylic acids is 2. The molecule has 0 saturated carbocycles. The number of nitrogens with one attached hydrogen (secondary N) is 1. The number of methoxy groups -OCH3 is 1. The first-order valence-corrected chi connectivity index (χ1v) is 7.16. The standard InChI is InChI=1S/C16H23NO5/c1-11(2)17-9-14(18)10-22-16(20)13-6-4-12(5-7-13)8-15(19)21-3/h4-7,11,14,17-18H,8-10H2,1-3H3. The fourth-order valence-electron chi connectivity index (χ4n) is 1.68. The molecule has 6 nitrogen and oxygen atoms in total. The largest absolute Gasteiger partial charge is 0.469 e. The number of hydrogen-bond donors (Lipinski definition) is 2. The molecule has 1 rings (SSSR count). The van der Waals surface area contributed by atoms with Gasteiger partial charge >= 0.3 is 11.9 Å². The average Bonchev–Trinajstić information content (AvgIpc) is 2.51. The van der Waals surface area contributed by atoms with E-state index in [9.17, 15) is 14.7 Å². The van der Waals surface area contributed by atoms with Crippen molar-refractivity contribution < 1.29 is 24.2 Å². The van der Waals surface area contributed by atoms with Gasteiger partial charge in [0.25, 0.3) is 0 Å². The first kappa shape index (κ1) is 18.1. The summed E-state index contributed by atoms with van der Waals surface area (Å²) in [6.45, 7) is 4.23. The second-order valence-corrected chi connectivity index (χ2v) is 5.27. The molecule has 0 aliphatic heterocycles. The zero-order valence-electron chi connectivity index (χ0n) is 13.2. The van der Waals surface area contributed by atoms with Crippen LogP contribution in [0.15, 0.2) is 24.3 Å². The normalized spacial score (nSPS) is 12.0. The van der Waals surface area contributed by atoms with Crippen molar-refractivity contribution in [3.05, 3.63) is 35.4 Å². The molecule has 0 fully saturated rings. The van der Waals surface area contributed by atoms with Crippen molar-refractivity contribution in [1.82, 2.24) is 5.32 Å². The van der Waals surface area contributed by atoms with Crippen molar-refractivity contribution in [2.45, 2.75) is 32.4 Å². The highest BCUT2D eigenvalue weighted by Gasteiger charge is 2.12. The molecule has 22 heavy (non-hydrogen) atoms. The quantitative estimate of drug-likeness (QED) is 0.695. The Kier molecular flexibility index (Phi) is 7.56. The van der Waals surface area contributed by atoms with E-state index in [1.165, 1.54) is 7.11 Å². The van der Waals surface area contributed by atoms with Crippen LogP contribution in [0.25, 0.3) is 0 Å². The van der Waals surface area contributed by atoms with Crippen molar-refractivity contribution in [3.8, 4) is 0 Å². The van der Waals surface area contributed by atoms with E-state index in [1.54, 1.807) is 24.3 Å². The van der Waals surface area contributed by atoms with Crippen LogP contribution in [0.4, 0.5) is 0 Å². The molecule has 122 valence electrons. The van der Waals surface area contributed by atoms with Crippen LogP contribution in [0.5, 0.6) is 0 Å². The Hall–Kier alpha value is -1.92. The number of esters is 2. The Balaban J connectivity index is 2.44. The molecule has 1 aromatic rings. The van der Waals surface area contributed by atoms with Gasteiger partial charge in [0.2, 0.25) is 0 Å². The molecule has 0 aromatic heterocycles. The number of aliphatic hydroxyl groups is 1. The van der Waals surface area contributed by atoms with E-state index in [2.05, 4.69) is 10.1 Å². The van der Waals surface area contributed by atoms with Crippen molar-refractivity contribution in [3.63, 3.8) is 0 Å². The number of ether oxygens (including phenoxy) is 2. The lowest BCUT2D eigenvalue weighted by Crippen LogP contribution is -2.35. The Morgan fingerprint density at radius 1 is 1.23 bits per heavy atom. The van der Waals surface area contributed by atoms with E-state index in [0.29, 0.717) is 12.1 Å². The SMILES string of the molecule is COC(=O)Cc1ccc(C(=O)OCC(O)CNC(C)C)cc1. The third-order valence-corrected chi connectivity index (χ3v) is 2.93. The zero-order chi connectivity index (χ0) is 16.5. The Morgan fingerprint density at radius 3 is 2.41 bits per heavy atom. The molecule has 6 heteroatoms. The van der Waals surface area contributed by atoms with Crippen molar-refractivity contribution in [2.75, 3.05) is 20.3 Å². The zero-order valence-corrected chi connectivity index (χ0v) is 13.2. The highest BCUT2D eigenvalue weighted by atomic mass is 16.5. The molecular weight excluding hydrogens is 286 g/mol. The van der Waals surface area contributed by atoms with Gasteiger partial charge in [-0.1, -0.05) is 26.0 Å². The van der Waals surface area contributed by atoms with E-state index in [1.807, 2.05) is 13.8 Å². The lowest BCUT2D eigenvalue weighted by atomic mass is 10.1. The summed E-state index contributed by atoms with van der Waals surface area (Å²) in [4.78, 5) is 23.0. The second-order valence-electron chi connectivity index (χ2n) is 5.27. The molecule has 0 aliphatic rings. The van der Waals surface area contributed by atoms with Crippen LogP contribution in [-0.4, -0.2) is 49.5 Å². The van der Waals surface area contributed by atoms with Gasteiger partial charge in [-0.25, -0.2) is 4.79 Å². The minimum Gasteiger partial charge on any atom is -0.469 e. The second kappa shape index (κ2) is 9.17. The van der Waals surface area contributed by atoms with E-state index in [4.69, 9.17) is 4.74 Å². The van der Waals surface area contributed by atoms with Gasteiger partial charge in [-0.3, -0.25) is 4.79 Å². The molecule has 0 saturated heterocycles. The number of benzene rings is 1. The molecule has 1 aromatic carbocycles. The van der Waals surface area contributed by atoms with Crippen LogP contribution in [0, 0.1) is 0 Å². The maximum atomic E-state index is 11.8. The van der Waals surface area contributed by atoms with Gasteiger partial charge in [-0.15, -0.1) is 0 Å². The van der Waals surface area contributed by atoms with Gasteiger partial charge in [-0.05, 0) is 17.7 Å². The third kappa shape index (κ3) is 6.69. The summed E-state index contributed by atoms with van der Waals surface area (Å²) in [5.74, 6) is -0.843. The van der Waals surface area contributed by atoms with Gasteiger partial charge < -0.3 is 19.9 Å². The number of carbonyl (C=O) groups is 2. The number of rotatable bonds is 8. The summed E-state index contributed by atoms with van der Waals surface area (Å²) in [6, 6.07) is 6.76. The molecule has 0 heterocycles. The number of aliphatic hydroxyl groups excluding tert-OH is 1. The van der Waals surface area contributed by atoms with Crippen molar-refractivity contribution in [1.29, 1.82) is 0 Å². The van der Waals surface area contributed by atoms with Crippen LogP contribution in [0.1, 0.15) is 29.8 Å². The van der Waals surface area contributed by atoms with E-state index < -0.39 is 12.1 Å². The molecule has 0 bridgehead atoms. The lowest BCUT2D eigenvalue weighted by Gasteiger charge is -2.14. The number of hydrogen-bond acceptors (Lipinski definition) is 6. The predicted molar refractivity (Wildman–Crippen MR) is 81.6 cm³/mol. The predicted octanol–water partition coefficient (Wildman–Crippen LogP) is 0.918. The first-order chi connectivity index (χ1) is 10.4. The smallest absolute Gasteiger partial charge is 0.338 e. The Labute approximate surface area is 130 Å². The summed E-state index contributed by atoms with van der Waals surface area (Å²) in [7, 11) is 1.33. The first-order valence-electron chi connectivity index (χ1n) is 7.16. The summed E-state index contributed by atoms with van der Waals surface area (Å²) in [5.41, 5.74) is 1.13. The molecule has 0 radical (unpaired) electrons. The van der Waals surface area contributed by atoms with E-state index >= 15 is 0 Å². The monoisotopic (exact) mass is 309 g/mol. The Bertz CT molecular complexity index is 484. The summed E-state index contributed by atoms with van der Waals surface area (Å²) >= 11 is 0. The molecule has 0 spiro atoms. The highest BCUT2D eigenvalue weighted by molar-refractivity contribution is 5.89. The van der Waals surface area contributed by atoms with Crippen LogP contribution in [-0.2, 0) is 20.7 Å².